The predicted octanol–water partition coefficient (Wildman–Crippen LogP) is 5.40. The lowest BCUT2D eigenvalue weighted by atomic mass is 10.1. The minimum absolute atomic E-state index is 0.0853. The smallest absolute Gasteiger partial charge is 0.242 e. The Balaban J connectivity index is 2.27. The Kier molecular flexibility index (Phi) is 8.44. The molecule has 0 aliphatic carbocycles. The zero-order valence-corrected chi connectivity index (χ0v) is 18.5. The zero-order valence-electron chi connectivity index (χ0n) is 15.4. The summed E-state index contributed by atoms with van der Waals surface area (Å²) in [6.07, 6.45) is 0.0853. The number of rotatable bonds is 7. The molecule has 0 spiro atoms. The zero-order chi connectivity index (χ0) is 20.8. The number of benzene rings is 2. The normalized spacial score (nSPS) is 11.8. The molecular formula is C20H20Cl4N2O2. The number of carbonyl (C=O) groups is 2. The van der Waals surface area contributed by atoms with E-state index in [0.717, 1.165) is 5.56 Å². The van der Waals surface area contributed by atoms with Crippen LogP contribution in [0, 0.1) is 0 Å². The number of nitrogens with one attached hydrogen (secondary N) is 1. The largest absolute Gasteiger partial charge is 0.355 e. The third-order valence-corrected chi connectivity index (χ3v) is 5.67. The molecule has 0 radical (unpaired) electrons. The topological polar surface area (TPSA) is 49.4 Å². The first-order chi connectivity index (χ1) is 13.2. The summed E-state index contributed by atoms with van der Waals surface area (Å²) in [5, 5.41) is 4.36. The standard InChI is InChI=1S/C20H20Cl4N2O2/c1-3-25-20(28)12(2)26(11-14-5-7-16(22)18(24)9-14)19(27)10-13-4-6-15(21)17(23)8-13/h4-9,12H,3,10-11H2,1-2H3,(H,25,28)/t12-/m0/s1. The minimum Gasteiger partial charge on any atom is -0.355 e. The first-order valence-corrected chi connectivity index (χ1v) is 10.2. The van der Waals surface area contributed by atoms with E-state index < -0.39 is 6.04 Å². The van der Waals surface area contributed by atoms with Gasteiger partial charge in [0.25, 0.3) is 0 Å². The Morgan fingerprint density at radius 2 is 1.46 bits per heavy atom. The molecule has 0 aliphatic heterocycles. The average molecular weight is 462 g/mol. The van der Waals surface area contributed by atoms with Crippen LogP contribution < -0.4 is 5.32 Å². The highest BCUT2D eigenvalue weighted by molar-refractivity contribution is 6.42. The number of carbonyl (C=O) groups excluding carboxylic acids is 2. The maximum Gasteiger partial charge on any atom is 0.242 e. The molecule has 2 rings (SSSR count). The van der Waals surface area contributed by atoms with E-state index in [1.54, 1.807) is 43.3 Å². The van der Waals surface area contributed by atoms with Crippen molar-refractivity contribution in [2.24, 2.45) is 0 Å². The molecule has 0 heterocycles. The first kappa shape index (κ1) is 22.8. The second-order valence-electron chi connectivity index (χ2n) is 6.27. The Hall–Kier alpha value is -1.46. The van der Waals surface area contributed by atoms with Gasteiger partial charge in [0.15, 0.2) is 0 Å². The molecule has 2 aromatic carbocycles. The third-order valence-electron chi connectivity index (χ3n) is 4.19. The SMILES string of the molecule is CCNC(=O)[C@H](C)N(Cc1ccc(Cl)c(Cl)c1)C(=O)Cc1ccc(Cl)c(Cl)c1. The van der Waals surface area contributed by atoms with Crippen LogP contribution in [0.3, 0.4) is 0 Å². The van der Waals surface area contributed by atoms with Crippen LogP contribution in [0.4, 0.5) is 0 Å². The fourth-order valence-corrected chi connectivity index (χ4v) is 3.31. The molecule has 0 bridgehead atoms. The fourth-order valence-electron chi connectivity index (χ4n) is 2.67. The second kappa shape index (κ2) is 10.4. The lowest BCUT2D eigenvalue weighted by Gasteiger charge is -2.29. The molecule has 28 heavy (non-hydrogen) atoms. The molecule has 8 heteroatoms. The van der Waals surface area contributed by atoms with E-state index in [2.05, 4.69) is 5.32 Å². The lowest BCUT2D eigenvalue weighted by molar-refractivity contribution is -0.140. The maximum atomic E-state index is 13.0. The number of hydrogen-bond donors (Lipinski definition) is 1. The number of halogens is 4. The molecule has 2 aromatic rings. The summed E-state index contributed by atoms with van der Waals surface area (Å²) in [6.45, 7) is 4.21. The van der Waals surface area contributed by atoms with Crippen LogP contribution in [-0.4, -0.2) is 29.3 Å². The second-order valence-corrected chi connectivity index (χ2v) is 7.89. The van der Waals surface area contributed by atoms with Gasteiger partial charge in [0.1, 0.15) is 6.04 Å². The van der Waals surface area contributed by atoms with E-state index in [9.17, 15) is 9.59 Å². The van der Waals surface area contributed by atoms with E-state index in [4.69, 9.17) is 46.4 Å². The molecule has 1 atom stereocenters. The first-order valence-electron chi connectivity index (χ1n) is 8.68. The van der Waals surface area contributed by atoms with Crippen LogP contribution in [0.5, 0.6) is 0 Å². The Morgan fingerprint density at radius 1 is 0.929 bits per heavy atom. The van der Waals surface area contributed by atoms with Gasteiger partial charge in [-0.25, -0.2) is 0 Å². The van der Waals surface area contributed by atoms with Crippen LogP contribution >= 0.6 is 46.4 Å². The molecule has 0 aliphatic rings. The highest BCUT2D eigenvalue weighted by atomic mass is 35.5. The van der Waals surface area contributed by atoms with Crippen molar-refractivity contribution in [2.45, 2.75) is 32.9 Å². The van der Waals surface area contributed by atoms with Gasteiger partial charge in [-0.05, 0) is 49.2 Å². The number of hydrogen-bond acceptors (Lipinski definition) is 2. The van der Waals surface area contributed by atoms with Crippen molar-refractivity contribution in [2.75, 3.05) is 6.54 Å². The van der Waals surface area contributed by atoms with Gasteiger partial charge in [-0.3, -0.25) is 9.59 Å². The molecule has 1 N–H and O–H groups in total. The van der Waals surface area contributed by atoms with Gasteiger partial charge in [-0.15, -0.1) is 0 Å². The summed E-state index contributed by atoms with van der Waals surface area (Å²) in [5.74, 6) is -0.451. The number of amides is 2. The Morgan fingerprint density at radius 3 is 2.00 bits per heavy atom. The molecule has 0 saturated heterocycles. The highest BCUT2D eigenvalue weighted by Crippen LogP contribution is 2.25. The number of likely N-dealkylation sites (N-methyl/N-ethyl adjacent to an activating group) is 1. The lowest BCUT2D eigenvalue weighted by Crippen LogP contribution is -2.48. The van der Waals surface area contributed by atoms with Gasteiger partial charge >= 0.3 is 0 Å². The van der Waals surface area contributed by atoms with E-state index in [0.29, 0.717) is 32.2 Å². The molecule has 150 valence electrons. The Labute approximate surface area is 184 Å². The fraction of sp³-hybridized carbons (Fsp3) is 0.300. The van der Waals surface area contributed by atoms with E-state index in [1.165, 1.54) is 4.90 Å². The maximum absolute atomic E-state index is 13.0. The summed E-state index contributed by atoms with van der Waals surface area (Å²) in [7, 11) is 0. The van der Waals surface area contributed by atoms with Crippen LogP contribution in [0.2, 0.25) is 20.1 Å². The van der Waals surface area contributed by atoms with E-state index >= 15 is 0 Å². The summed E-state index contributed by atoms with van der Waals surface area (Å²) in [4.78, 5) is 26.9. The third kappa shape index (κ3) is 6.02. The van der Waals surface area contributed by atoms with Gasteiger partial charge in [0.05, 0.1) is 26.5 Å². The highest BCUT2D eigenvalue weighted by Gasteiger charge is 2.26. The molecule has 0 unspecified atom stereocenters. The van der Waals surface area contributed by atoms with Crippen LogP contribution in [0.1, 0.15) is 25.0 Å². The molecule has 4 nitrogen and oxygen atoms in total. The van der Waals surface area contributed by atoms with Crippen molar-refractivity contribution >= 4 is 58.2 Å². The summed E-state index contributed by atoms with van der Waals surface area (Å²) in [5.41, 5.74) is 1.48. The van der Waals surface area contributed by atoms with Crippen LogP contribution in [0.15, 0.2) is 36.4 Å². The van der Waals surface area contributed by atoms with Crippen molar-refractivity contribution in [3.63, 3.8) is 0 Å². The molecule has 2 amide bonds. The van der Waals surface area contributed by atoms with Crippen molar-refractivity contribution in [3.8, 4) is 0 Å². The molecule has 0 fully saturated rings. The van der Waals surface area contributed by atoms with Crippen LogP contribution in [0.25, 0.3) is 0 Å². The minimum atomic E-state index is -0.662. The molecule has 0 aromatic heterocycles. The summed E-state index contributed by atoms with van der Waals surface area (Å²) < 4.78 is 0. The van der Waals surface area contributed by atoms with Gasteiger partial charge < -0.3 is 10.2 Å². The monoisotopic (exact) mass is 460 g/mol. The van der Waals surface area contributed by atoms with Crippen molar-refractivity contribution in [1.82, 2.24) is 10.2 Å². The molecule has 0 saturated carbocycles. The van der Waals surface area contributed by atoms with E-state index in [-0.39, 0.29) is 24.8 Å². The predicted molar refractivity (Wildman–Crippen MR) is 115 cm³/mol. The van der Waals surface area contributed by atoms with Crippen molar-refractivity contribution in [1.29, 1.82) is 0 Å². The van der Waals surface area contributed by atoms with E-state index in [1.807, 2.05) is 6.92 Å². The molecular weight excluding hydrogens is 442 g/mol. The average Bonchev–Trinajstić information content (AvgIpc) is 2.65. The number of nitrogens with zero attached hydrogens (tertiary/aromatic N) is 1. The van der Waals surface area contributed by atoms with Crippen molar-refractivity contribution in [3.05, 3.63) is 67.6 Å². The summed E-state index contributed by atoms with van der Waals surface area (Å²) >= 11 is 24.0. The summed E-state index contributed by atoms with van der Waals surface area (Å²) in [6, 6.07) is 9.49. The van der Waals surface area contributed by atoms with Crippen molar-refractivity contribution < 1.29 is 9.59 Å². The Bertz CT molecular complexity index is 873. The quantitative estimate of drug-likeness (QED) is 0.600. The van der Waals surface area contributed by atoms with Gasteiger partial charge in [-0.2, -0.15) is 0 Å². The van der Waals surface area contributed by atoms with Gasteiger partial charge in [0.2, 0.25) is 11.8 Å². The van der Waals surface area contributed by atoms with Gasteiger partial charge in [0, 0.05) is 13.1 Å². The van der Waals surface area contributed by atoms with Gasteiger partial charge in [-0.1, -0.05) is 58.5 Å². The van der Waals surface area contributed by atoms with Crippen LogP contribution in [-0.2, 0) is 22.6 Å².